The zero-order chi connectivity index (χ0) is 19.9. The van der Waals surface area contributed by atoms with Crippen LogP contribution in [0.3, 0.4) is 0 Å². The van der Waals surface area contributed by atoms with Gasteiger partial charge in [0.15, 0.2) is 17.3 Å². The van der Waals surface area contributed by atoms with Gasteiger partial charge in [-0.25, -0.2) is 0 Å². The molecule has 0 aliphatic rings. The Morgan fingerprint density at radius 1 is 0.964 bits per heavy atom. The topological polar surface area (TPSA) is 93.2 Å². The van der Waals surface area contributed by atoms with Crippen molar-refractivity contribution in [1.29, 1.82) is 0 Å². The lowest BCUT2D eigenvalue weighted by Crippen LogP contribution is -2.24. The average Bonchev–Trinajstić information content (AvgIpc) is 2.73. The maximum atomic E-state index is 12.3. The summed E-state index contributed by atoms with van der Waals surface area (Å²) in [5, 5.41) is 13.9. The van der Waals surface area contributed by atoms with E-state index in [0.717, 1.165) is 11.3 Å². The molecule has 0 spiro atoms. The van der Waals surface area contributed by atoms with Crippen molar-refractivity contribution in [2.24, 2.45) is 0 Å². The Morgan fingerprint density at radius 3 is 2.36 bits per heavy atom. The summed E-state index contributed by atoms with van der Waals surface area (Å²) in [5.74, 6) is 0.895. The Balaban J connectivity index is 1.60. The summed E-state index contributed by atoms with van der Waals surface area (Å²) in [5.41, 5.74) is 2.50. The molecule has 2 aromatic carbocycles. The lowest BCUT2D eigenvalue weighted by molar-refractivity contribution is 0.0943. The maximum Gasteiger partial charge on any atom is 0.272 e. The number of benzene rings is 2. The van der Waals surface area contributed by atoms with E-state index in [2.05, 4.69) is 20.8 Å². The fourth-order valence-corrected chi connectivity index (χ4v) is 2.57. The first-order valence-electron chi connectivity index (χ1n) is 8.68. The largest absolute Gasteiger partial charge is 0.496 e. The van der Waals surface area contributed by atoms with Crippen molar-refractivity contribution in [1.82, 2.24) is 15.5 Å². The van der Waals surface area contributed by atoms with Crippen LogP contribution in [0.1, 0.15) is 33.3 Å². The van der Waals surface area contributed by atoms with Gasteiger partial charge in [-0.1, -0.05) is 18.2 Å². The fourth-order valence-electron chi connectivity index (χ4n) is 2.57. The number of carbonyl (C=O) groups is 2. The van der Waals surface area contributed by atoms with Crippen LogP contribution in [0.4, 0.5) is 11.5 Å². The standard InChI is InChI=1S/C21H20N4O3/c1-14(26)15-7-9-17(10-8-15)23-20-12-11-18(24-25-20)21(27)22-13-16-5-3-4-6-19(16)28-2/h3-12H,13H2,1-2H3,(H,22,27)(H,23,25). The first kappa shape index (κ1) is 19.0. The molecule has 0 saturated carbocycles. The molecule has 3 aromatic rings. The predicted molar refractivity (Wildman–Crippen MR) is 106 cm³/mol. The van der Waals surface area contributed by atoms with Crippen LogP contribution in [0.2, 0.25) is 0 Å². The highest BCUT2D eigenvalue weighted by atomic mass is 16.5. The van der Waals surface area contributed by atoms with Crippen molar-refractivity contribution < 1.29 is 14.3 Å². The van der Waals surface area contributed by atoms with Gasteiger partial charge in [0.1, 0.15) is 5.75 Å². The predicted octanol–water partition coefficient (Wildman–Crippen LogP) is 3.36. The minimum absolute atomic E-state index is 0.00910. The lowest BCUT2D eigenvalue weighted by atomic mass is 10.1. The number of hydrogen-bond donors (Lipinski definition) is 2. The van der Waals surface area contributed by atoms with Crippen molar-refractivity contribution in [2.45, 2.75) is 13.5 Å². The van der Waals surface area contributed by atoms with E-state index in [0.29, 0.717) is 23.7 Å². The molecule has 0 aliphatic carbocycles. The van der Waals surface area contributed by atoms with Crippen molar-refractivity contribution in [3.63, 3.8) is 0 Å². The zero-order valence-corrected chi connectivity index (χ0v) is 15.6. The first-order chi connectivity index (χ1) is 13.6. The molecule has 28 heavy (non-hydrogen) atoms. The van der Waals surface area contributed by atoms with E-state index in [9.17, 15) is 9.59 Å². The minimum Gasteiger partial charge on any atom is -0.496 e. The van der Waals surface area contributed by atoms with Gasteiger partial charge in [0.05, 0.1) is 7.11 Å². The van der Waals surface area contributed by atoms with Gasteiger partial charge in [-0.3, -0.25) is 9.59 Å². The molecule has 0 fully saturated rings. The van der Waals surface area contributed by atoms with Crippen LogP contribution in [-0.2, 0) is 6.54 Å². The molecule has 3 rings (SSSR count). The summed E-state index contributed by atoms with van der Waals surface area (Å²) in [6.07, 6.45) is 0. The Bertz CT molecular complexity index is 970. The Morgan fingerprint density at radius 2 is 1.71 bits per heavy atom. The van der Waals surface area contributed by atoms with Gasteiger partial charge in [-0.05, 0) is 49.4 Å². The zero-order valence-electron chi connectivity index (χ0n) is 15.6. The van der Waals surface area contributed by atoms with E-state index in [1.165, 1.54) is 6.92 Å². The fraction of sp³-hybridized carbons (Fsp3) is 0.143. The number of amides is 1. The average molecular weight is 376 g/mol. The van der Waals surface area contributed by atoms with Gasteiger partial charge in [0, 0.05) is 23.4 Å². The van der Waals surface area contributed by atoms with Crippen LogP contribution in [0.5, 0.6) is 5.75 Å². The monoisotopic (exact) mass is 376 g/mol. The molecule has 142 valence electrons. The quantitative estimate of drug-likeness (QED) is 0.614. The Kier molecular flexibility index (Phi) is 5.96. The van der Waals surface area contributed by atoms with E-state index < -0.39 is 0 Å². The molecule has 7 heteroatoms. The van der Waals surface area contributed by atoms with Crippen LogP contribution in [-0.4, -0.2) is 29.0 Å². The molecule has 0 aliphatic heterocycles. The van der Waals surface area contributed by atoms with Gasteiger partial charge in [-0.15, -0.1) is 10.2 Å². The van der Waals surface area contributed by atoms with Crippen molar-refractivity contribution in [2.75, 3.05) is 12.4 Å². The summed E-state index contributed by atoms with van der Waals surface area (Å²) < 4.78 is 5.27. The van der Waals surface area contributed by atoms with Crippen molar-refractivity contribution in [3.05, 3.63) is 77.5 Å². The summed E-state index contributed by atoms with van der Waals surface area (Å²) in [6.45, 7) is 1.85. The third-order valence-electron chi connectivity index (χ3n) is 4.09. The second-order valence-corrected chi connectivity index (χ2v) is 6.06. The van der Waals surface area contributed by atoms with Crippen LogP contribution >= 0.6 is 0 Å². The second-order valence-electron chi connectivity index (χ2n) is 6.06. The number of methoxy groups -OCH3 is 1. The number of nitrogens with one attached hydrogen (secondary N) is 2. The highest BCUT2D eigenvalue weighted by Crippen LogP contribution is 2.17. The number of rotatable bonds is 7. The van der Waals surface area contributed by atoms with Crippen LogP contribution in [0.25, 0.3) is 0 Å². The summed E-state index contributed by atoms with van der Waals surface area (Å²) >= 11 is 0. The molecule has 1 amide bonds. The highest BCUT2D eigenvalue weighted by molar-refractivity contribution is 5.94. The summed E-state index contributed by atoms with van der Waals surface area (Å²) in [6, 6.07) is 17.8. The number of ether oxygens (including phenoxy) is 1. The Labute approximate surface area is 162 Å². The van der Waals surface area contributed by atoms with Gasteiger partial charge in [-0.2, -0.15) is 0 Å². The van der Waals surface area contributed by atoms with E-state index in [4.69, 9.17) is 4.74 Å². The molecular formula is C21H20N4O3. The number of carbonyl (C=O) groups excluding carboxylic acids is 2. The molecule has 1 aromatic heterocycles. The molecule has 1 heterocycles. The SMILES string of the molecule is COc1ccccc1CNC(=O)c1ccc(Nc2ccc(C(C)=O)cc2)nn1. The normalized spacial score (nSPS) is 10.2. The van der Waals surface area contributed by atoms with Gasteiger partial charge >= 0.3 is 0 Å². The Hall–Kier alpha value is -3.74. The second kappa shape index (κ2) is 8.77. The number of para-hydroxylation sites is 1. The van der Waals surface area contributed by atoms with E-state index in [1.54, 1.807) is 43.5 Å². The molecular weight excluding hydrogens is 356 g/mol. The maximum absolute atomic E-state index is 12.3. The third-order valence-corrected chi connectivity index (χ3v) is 4.09. The van der Waals surface area contributed by atoms with Crippen molar-refractivity contribution in [3.8, 4) is 5.75 Å². The molecule has 0 radical (unpaired) electrons. The number of Topliss-reactive ketones (excluding diaryl/α,β-unsaturated/α-hetero) is 1. The molecule has 0 saturated heterocycles. The van der Waals surface area contributed by atoms with Crippen molar-refractivity contribution >= 4 is 23.2 Å². The molecule has 7 nitrogen and oxygen atoms in total. The smallest absolute Gasteiger partial charge is 0.272 e. The van der Waals surface area contributed by atoms with Crippen LogP contribution in [0.15, 0.2) is 60.7 Å². The number of ketones is 1. The number of hydrogen-bond acceptors (Lipinski definition) is 6. The molecule has 0 bridgehead atoms. The minimum atomic E-state index is -0.323. The van der Waals surface area contributed by atoms with E-state index >= 15 is 0 Å². The van der Waals surface area contributed by atoms with E-state index in [1.807, 2.05) is 24.3 Å². The van der Waals surface area contributed by atoms with Crippen LogP contribution < -0.4 is 15.4 Å². The highest BCUT2D eigenvalue weighted by Gasteiger charge is 2.10. The number of anilines is 2. The van der Waals surface area contributed by atoms with Gasteiger partial charge in [0.2, 0.25) is 0 Å². The van der Waals surface area contributed by atoms with Gasteiger partial charge in [0.25, 0.3) is 5.91 Å². The lowest BCUT2D eigenvalue weighted by Gasteiger charge is -2.09. The number of aromatic nitrogens is 2. The molecule has 0 unspecified atom stereocenters. The molecule has 2 N–H and O–H groups in total. The van der Waals surface area contributed by atoms with E-state index in [-0.39, 0.29) is 17.4 Å². The summed E-state index contributed by atoms with van der Waals surface area (Å²) in [7, 11) is 1.59. The third kappa shape index (κ3) is 4.70. The molecule has 0 atom stereocenters. The number of nitrogens with zero attached hydrogens (tertiary/aromatic N) is 2. The van der Waals surface area contributed by atoms with Gasteiger partial charge < -0.3 is 15.4 Å². The van der Waals surface area contributed by atoms with Crippen LogP contribution in [0, 0.1) is 0 Å². The first-order valence-corrected chi connectivity index (χ1v) is 8.68. The summed E-state index contributed by atoms with van der Waals surface area (Å²) in [4.78, 5) is 23.6.